The molecule has 0 amide bonds. The highest BCUT2D eigenvalue weighted by Gasteiger charge is 2.17. The number of rotatable bonds is 6. The van der Waals surface area contributed by atoms with E-state index in [1.165, 1.54) is 49.8 Å². The van der Waals surface area contributed by atoms with Gasteiger partial charge in [0.2, 0.25) is 0 Å². The Labute approximate surface area is 117 Å². The molecule has 1 aliphatic rings. The summed E-state index contributed by atoms with van der Waals surface area (Å²) in [6.45, 7) is 7.66. The van der Waals surface area contributed by atoms with E-state index in [1.807, 2.05) is 11.7 Å². The number of aryl methyl sites for hydroxylation is 2. The average molecular weight is 263 g/mol. The Morgan fingerprint density at radius 1 is 1.32 bits per heavy atom. The maximum absolute atomic E-state index is 4.50. The summed E-state index contributed by atoms with van der Waals surface area (Å²) < 4.78 is 1.99. The van der Waals surface area contributed by atoms with E-state index < -0.39 is 0 Å². The summed E-state index contributed by atoms with van der Waals surface area (Å²) in [6, 6.07) is 0.414. The van der Waals surface area contributed by atoms with Crippen LogP contribution in [0.3, 0.4) is 0 Å². The average Bonchev–Trinajstić information content (AvgIpc) is 2.95. The van der Waals surface area contributed by atoms with Crippen molar-refractivity contribution in [3.63, 3.8) is 0 Å². The monoisotopic (exact) mass is 263 g/mol. The Kier molecular flexibility index (Phi) is 5.03. The Hall–Kier alpha value is -0.830. The van der Waals surface area contributed by atoms with Gasteiger partial charge in [-0.25, -0.2) is 0 Å². The van der Waals surface area contributed by atoms with Crippen LogP contribution in [-0.4, -0.2) is 16.3 Å². The number of nitrogens with one attached hydrogen (secondary N) is 1. The van der Waals surface area contributed by atoms with Crippen molar-refractivity contribution in [2.24, 2.45) is 13.0 Å². The van der Waals surface area contributed by atoms with Crippen LogP contribution < -0.4 is 5.32 Å². The maximum atomic E-state index is 4.50. The second-order valence-corrected chi connectivity index (χ2v) is 6.18. The molecule has 3 heteroatoms. The Bertz CT molecular complexity index is 402. The summed E-state index contributed by atoms with van der Waals surface area (Å²) in [5.41, 5.74) is 3.83. The SMILES string of the molecule is Cc1nn(C)c(C)c1C(C)NCCCC1CCCC1. The fourth-order valence-electron chi connectivity index (χ4n) is 3.53. The summed E-state index contributed by atoms with van der Waals surface area (Å²) in [7, 11) is 2.03. The van der Waals surface area contributed by atoms with Crippen LogP contribution in [0, 0.1) is 19.8 Å². The van der Waals surface area contributed by atoms with Crippen LogP contribution in [-0.2, 0) is 7.05 Å². The molecule has 0 radical (unpaired) electrons. The van der Waals surface area contributed by atoms with E-state index in [-0.39, 0.29) is 0 Å². The molecule has 3 nitrogen and oxygen atoms in total. The fourth-order valence-corrected chi connectivity index (χ4v) is 3.53. The smallest absolute Gasteiger partial charge is 0.0644 e. The van der Waals surface area contributed by atoms with E-state index in [0.717, 1.165) is 18.2 Å². The van der Waals surface area contributed by atoms with E-state index in [2.05, 4.69) is 31.2 Å². The second kappa shape index (κ2) is 6.56. The molecule has 1 heterocycles. The minimum atomic E-state index is 0.414. The summed E-state index contributed by atoms with van der Waals surface area (Å²) in [4.78, 5) is 0. The zero-order valence-corrected chi connectivity index (χ0v) is 13.0. The van der Waals surface area contributed by atoms with Gasteiger partial charge in [-0.2, -0.15) is 5.10 Å². The van der Waals surface area contributed by atoms with Gasteiger partial charge in [0.25, 0.3) is 0 Å². The molecule has 1 N–H and O–H groups in total. The molecule has 0 bridgehead atoms. The van der Waals surface area contributed by atoms with Gasteiger partial charge in [-0.15, -0.1) is 0 Å². The van der Waals surface area contributed by atoms with Gasteiger partial charge in [-0.1, -0.05) is 25.7 Å². The highest BCUT2D eigenvalue weighted by molar-refractivity contribution is 5.27. The van der Waals surface area contributed by atoms with Crippen molar-refractivity contribution < 1.29 is 0 Å². The molecule has 0 aromatic carbocycles. The van der Waals surface area contributed by atoms with Crippen molar-refractivity contribution in [3.8, 4) is 0 Å². The molecule has 0 spiro atoms. The van der Waals surface area contributed by atoms with Gasteiger partial charge in [0.05, 0.1) is 5.69 Å². The molecule has 2 rings (SSSR count). The first-order valence-corrected chi connectivity index (χ1v) is 7.83. The van der Waals surface area contributed by atoms with Crippen molar-refractivity contribution in [2.45, 2.75) is 65.3 Å². The fraction of sp³-hybridized carbons (Fsp3) is 0.812. The number of nitrogens with zero attached hydrogens (tertiary/aromatic N) is 2. The quantitative estimate of drug-likeness (QED) is 0.794. The zero-order valence-electron chi connectivity index (χ0n) is 13.0. The lowest BCUT2D eigenvalue weighted by Gasteiger charge is -2.15. The molecule has 1 atom stereocenters. The molecule has 1 aromatic heterocycles. The van der Waals surface area contributed by atoms with E-state index in [1.54, 1.807) is 0 Å². The van der Waals surface area contributed by atoms with Gasteiger partial charge in [0.1, 0.15) is 0 Å². The minimum absolute atomic E-state index is 0.414. The van der Waals surface area contributed by atoms with Crippen molar-refractivity contribution in [2.75, 3.05) is 6.54 Å². The molecule has 1 fully saturated rings. The largest absolute Gasteiger partial charge is 0.310 e. The standard InChI is InChI=1S/C16H29N3/c1-12(16-13(2)18-19(4)14(16)3)17-11-7-10-15-8-5-6-9-15/h12,15,17H,5-11H2,1-4H3. The highest BCUT2D eigenvalue weighted by Crippen LogP contribution is 2.28. The van der Waals surface area contributed by atoms with Gasteiger partial charge in [0.15, 0.2) is 0 Å². The Morgan fingerprint density at radius 3 is 2.58 bits per heavy atom. The topological polar surface area (TPSA) is 29.9 Å². The van der Waals surface area contributed by atoms with Crippen LogP contribution in [0.15, 0.2) is 0 Å². The maximum Gasteiger partial charge on any atom is 0.0644 e. The van der Waals surface area contributed by atoms with E-state index >= 15 is 0 Å². The van der Waals surface area contributed by atoms with Gasteiger partial charge < -0.3 is 5.32 Å². The molecule has 108 valence electrons. The van der Waals surface area contributed by atoms with E-state index in [9.17, 15) is 0 Å². The molecule has 0 saturated heterocycles. The second-order valence-electron chi connectivity index (χ2n) is 6.18. The van der Waals surface area contributed by atoms with Gasteiger partial charge in [-0.3, -0.25) is 4.68 Å². The number of hydrogen-bond acceptors (Lipinski definition) is 2. The third-order valence-corrected chi connectivity index (χ3v) is 4.71. The minimum Gasteiger partial charge on any atom is -0.310 e. The van der Waals surface area contributed by atoms with Gasteiger partial charge in [0, 0.05) is 24.3 Å². The normalized spacial score (nSPS) is 18.1. The molecule has 1 aromatic rings. The van der Waals surface area contributed by atoms with Crippen LogP contribution in [0.5, 0.6) is 0 Å². The van der Waals surface area contributed by atoms with Crippen LogP contribution in [0.25, 0.3) is 0 Å². The van der Waals surface area contributed by atoms with Crippen molar-refractivity contribution in [1.82, 2.24) is 15.1 Å². The molecule has 1 aliphatic carbocycles. The molecule has 1 unspecified atom stereocenters. The third-order valence-electron chi connectivity index (χ3n) is 4.71. The summed E-state index contributed by atoms with van der Waals surface area (Å²) in [5.74, 6) is 1.01. The molecule has 19 heavy (non-hydrogen) atoms. The van der Waals surface area contributed by atoms with Crippen LogP contribution in [0.4, 0.5) is 0 Å². The first-order valence-electron chi connectivity index (χ1n) is 7.83. The van der Waals surface area contributed by atoms with Crippen LogP contribution in [0.2, 0.25) is 0 Å². The van der Waals surface area contributed by atoms with E-state index in [0.29, 0.717) is 6.04 Å². The lowest BCUT2D eigenvalue weighted by Crippen LogP contribution is -2.21. The molecular formula is C16H29N3. The third kappa shape index (κ3) is 3.59. The van der Waals surface area contributed by atoms with Crippen molar-refractivity contribution in [1.29, 1.82) is 0 Å². The lowest BCUT2D eigenvalue weighted by atomic mass is 10.0. The van der Waals surface area contributed by atoms with Crippen LogP contribution >= 0.6 is 0 Å². The Balaban J connectivity index is 1.75. The molecular weight excluding hydrogens is 234 g/mol. The predicted octanol–water partition coefficient (Wildman–Crippen LogP) is 3.66. The Morgan fingerprint density at radius 2 is 2.00 bits per heavy atom. The first kappa shape index (κ1) is 14.6. The number of hydrogen-bond donors (Lipinski definition) is 1. The van der Waals surface area contributed by atoms with Gasteiger partial charge >= 0.3 is 0 Å². The summed E-state index contributed by atoms with van der Waals surface area (Å²) in [5, 5.41) is 8.16. The van der Waals surface area contributed by atoms with Gasteiger partial charge in [-0.05, 0) is 46.1 Å². The zero-order chi connectivity index (χ0) is 13.8. The highest BCUT2D eigenvalue weighted by atomic mass is 15.3. The van der Waals surface area contributed by atoms with Crippen molar-refractivity contribution in [3.05, 3.63) is 17.0 Å². The molecule has 1 saturated carbocycles. The van der Waals surface area contributed by atoms with E-state index in [4.69, 9.17) is 0 Å². The predicted molar refractivity (Wildman–Crippen MR) is 80.3 cm³/mol. The lowest BCUT2D eigenvalue weighted by molar-refractivity contribution is 0.455. The summed E-state index contributed by atoms with van der Waals surface area (Å²) >= 11 is 0. The number of aromatic nitrogens is 2. The van der Waals surface area contributed by atoms with Crippen LogP contribution in [0.1, 0.15) is 68.4 Å². The first-order chi connectivity index (χ1) is 9.09. The molecule has 0 aliphatic heterocycles. The summed E-state index contributed by atoms with van der Waals surface area (Å²) in [6.07, 6.45) is 8.58. The van der Waals surface area contributed by atoms with Crippen molar-refractivity contribution >= 4 is 0 Å².